The van der Waals surface area contributed by atoms with Crippen molar-refractivity contribution in [1.29, 1.82) is 0 Å². The van der Waals surface area contributed by atoms with Gasteiger partial charge in [0, 0.05) is 27.1 Å². The van der Waals surface area contributed by atoms with Gasteiger partial charge < -0.3 is 10.2 Å². The van der Waals surface area contributed by atoms with Crippen LogP contribution in [0.1, 0.15) is 32.8 Å². The van der Waals surface area contributed by atoms with Gasteiger partial charge in [0.05, 0.1) is 10.6 Å². The molecule has 0 aromatic heterocycles. The van der Waals surface area contributed by atoms with Crippen LogP contribution in [0.5, 0.6) is 0 Å². The van der Waals surface area contributed by atoms with E-state index < -0.39 is 28.5 Å². The van der Waals surface area contributed by atoms with Gasteiger partial charge in [-0.2, -0.15) is 0 Å². The lowest BCUT2D eigenvalue weighted by atomic mass is 10.1. The Morgan fingerprint density at radius 3 is 2.18 bits per heavy atom. The molecule has 1 N–H and O–H groups in total. The number of nitrogens with zero attached hydrogens (tertiary/aromatic N) is 2. The van der Waals surface area contributed by atoms with Crippen LogP contribution in [0, 0.1) is 0 Å². The number of anilines is 1. The Bertz CT molecular complexity index is 1400. The van der Waals surface area contributed by atoms with Crippen LogP contribution in [0.25, 0.3) is 0 Å². The molecule has 208 valence electrons. The first-order valence-electron chi connectivity index (χ1n) is 12.3. The Morgan fingerprint density at radius 2 is 1.59 bits per heavy atom. The maximum atomic E-state index is 13.9. The second-order valence-corrected chi connectivity index (χ2v) is 12.7. The summed E-state index contributed by atoms with van der Waals surface area (Å²) in [5.41, 5.74) is 0.896. The molecule has 0 heterocycles. The van der Waals surface area contributed by atoms with Gasteiger partial charge in [-0.25, -0.2) is 8.42 Å². The summed E-state index contributed by atoms with van der Waals surface area (Å²) in [7, 11) is -4.20. The molecular formula is C28H30BrCl2N3O4S. The van der Waals surface area contributed by atoms with Crippen LogP contribution in [-0.4, -0.2) is 43.8 Å². The smallest absolute Gasteiger partial charge is 0.264 e. The fraction of sp³-hybridized carbons (Fsp3) is 0.286. The Kier molecular flexibility index (Phi) is 10.8. The Balaban J connectivity index is 2.05. The molecule has 3 aromatic carbocycles. The number of rotatable bonds is 11. The first-order valence-corrected chi connectivity index (χ1v) is 15.3. The third-order valence-corrected chi connectivity index (χ3v) is 8.87. The second kappa shape index (κ2) is 13.7. The van der Waals surface area contributed by atoms with E-state index >= 15 is 0 Å². The Labute approximate surface area is 248 Å². The zero-order chi connectivity index (χ0) is 28.7. The minimum Gasteiger partial charge on any atom is -0.352 e. The molecule has 2 amide bonds. The predicted molar refractivity (Wildman–Crippen MR) is 159 cm³/mol. The highest BCUT2D eigenvalue weighted by molar-refractivity contribution is 9.10. The summed E-state index contributed by atoms with van der Waals surface area (Å²) in [5, 5.41) is 3.34. The zero-order valence-electron chi connectivity index (χ0n) is 21.8. The fourth-order valence-electron chi connectivity index (χ4n) is 3.81. The largest absolute Gasteiger partial charge is 0.352 e. The number of carbonyl (C=O) groups is 2. The highest BCUT2D eigenvalue weighted by atomic mass is 79.9. The molecule has 3 aromatic rings. The lowest BCUT2D eigenvalue weighted by Gasteiger charge is -2.32. The number of halogens is 3. The molecule has 3 rings (SSSR count). The van der Waals surface area contributed by atoms with E-state index in [0.29, 0.717) is 0 Å². The number of benzene rings is 3. The third kappa shape index (κ3) is 8.20. The van der Waals surface area contributed by atoms with Gasteiger partial charge >= 0.3 is 0 Å². The monoisotopic (exact) mass is 653 g/mol. The second-order valence-electron chi connectivity index (χ2n) is 9.10. The predicted octanol–water partition coefficient (Wildman–Crippen LogP) is 6.28. The molecule has 0 unspecified atom stereocenters. The molecule has 11 heteroatoms. The summed E-state index contributed by atoms with van der Waals surface area (Å²) >= 11 is 15.9. The molecule has 0 aliphatic carbocycles. The minimum atomic E-state index is -4.20. The molecule has 0 aliphatic heterocycles. The fourth-order valence-corrected chi connectivity index (χ4v) is 6.19. The zero-order valence-corrected chi connectivity index (χ0v) is 25.7. The van der Waals surface area contributed by atoms with E-state index in [0.717, 1.165) is 20.8 Å². The Morgan fingerprint density at radius 1 is 0.949 bits per heavy atom. The molecule has 0 bridgehead atoms. The number of nitrogens with one attached hydrogen (secondary N) is 1. The molecule has 7 nitrogen and oxygen atoms in total. The highest BCUT2D eigenvalue weighted by Crippen LogP contribution is 2.30. The van der Waals surface area contributed by atoms with E-state index in [9.17, 15) is 18.0 Å². The summed E-state index contributed by atoms with van der Waals surface area (Å²) in [6, 6.07) is 18.5. The summed E-state index contributed by atoms with van der Waals surface area (Å²) in [4.78, 5) is 28.4. The van der Waals surface area contributed by atoms with Gasteiger partial charge in [-0.05, 0) is 68.3 Å². The van der Waals surface area contributed by atoms with Crippen LogP contribution in [-0.2, 0) is 26.2 Å². The van der Waals surface area contributed by atoms with Crippen molar-refractivity contribution in [3.8, 4) is 0 Å². The van der Waals surface area contributed by atoms with Crippen molar-refractivity contribution in [2.45, 2.75) is 50.7 Å². The molecule has 0 saturated carbocycles. The van der Waals surface area contributed by atoms with Crippen LogP contribution < -0.4 is 9.62 Å². The Hall–Kier alpha value is -2.59. The van der Waals surface area contributed by atoms with Crippen LogP contribution >= 0.6 is 39.1 Å². The first kappa shape index (κ1) is 30.9. The normalized spacial score (nSPS) is 12.9. The maximum absolute atomic E-state index is 13.9. The topological polar surface area (TPSA) is 86.8 Å². The number of amides is 2. The molecule has 2 atom stereocenters. The molecule has 0 aliphatic rings. The van der Waals surface area contributed by atoms with Crippen molar-refractivity contribution in [2.24, 2.45) is 0 Å². The van der Waals surface area contributed by atoms with Crippen LogP contribution in [0.2, 0.25) is 10.0 Å². The molecule has 0 fully saturated rings. The van der Waals surface area contributed by atoms with Gasteiger partial charge in [-0.1, -0.05) is 76.4 Å². The highest BCUT2D eigenvalue weighted by Gasteiger charge is 2.33. The van der Waals surface area contributed by atoms with Crippen molar-refractivity contribution in [2.75, 3.05) is 10.8 Å². The standard InChI is InChI=1S/C28H30BrCl2N3O4S/c1-4-19(2)32-28(36)20(3)33(17-21-9-8-10-22(29)13-21)27(35)18-34(25-15-23(30)14-24(31)16-25)39(37,38)26-11-6-5-7-12-26/h5-16,19-20H,4,17-18H2,1-3H3,(H,32,36)/t19-,20+/m1/s1. The maximum Gasteiger partial charge on any atom is 0.264 e. The van der Waals surface area contributed by atoms with E-state index in [4.69, 9.17) is 23.2 Å². The van der Waals surface area contributed by atoms with E-state index in [1.54, 1.807) is 25.1 Å². The van der Waals surface area contributed by atoms with Crippen LogP contribution in [0.4, 0.5) is 5.69 Å². The summed E-state index contributed by atoms with van der Waals surface area (Å²) in [5.74, 6) is -0.909. The average Bonchev–Trinajstić information content (AvgIpc) is 2.89. The number of sulfonamides is 1. The lowest BCUT2D eigenvalue weighted by molar-refractivity contribution is -0.139. The SMILES string of the molecule is CC[C@@H](C)NC(=O)[C@H](C)N(Cc1cccc(Br)c1)C(=O)CN(c1cc(Cl)cc(Cl)c1)S(=O)(=O)c1ccccc1. The van der Waals surface area contributed by atoms with Crippen molar-refractivity contribution in [3.05, 3.63) is 92.9 Å². The summed E-state index contributed by atoms with van der Waals surface area (Å²) in [6.45, 7) is 4.95. The summed E-state index contributed by atoms with van der Waals surface area (Å²) in [6.07, 6.45) is 0.719. The van der Waals surface area contributed by atoms with E-state index in [2.05, 4.69) is 21.2 Å². The molecule has 0 radical (unpaired) electrons. The first-order chi connectivity index (χ1) is 18.4. The van der Waals surface area contributed by atoms with Crippen molar-refractivity contribution < 1.29 is 18.0 Å². The van der Waals surface area contributed by atoms with E-state index in [1.165, 1.54) is 35.2 Å². The number of hydrogen-bond donors (Lipinski definition) is 1. The van der Waals surface area contributed by atoms with Gasteiger partial charge in [-0.3, -0.25) is 13.9 Å². The number of carbonyl (C=O) groups excluding carboxylic acids is 2. The van der Waals surface area contributed by atoms with Gasteiger partial charge in [-0.15, -0.1) is 0 Å². The minimum absolute atomic E-state index is 0.00463. The van der Waals surface area contributed by atoms with Gasteiger partial charge in [0.2, 0.25) is 11.8 Å². The molecular weight excluding hydrogens is 625 g/mol. The van der Waals surface area contributed by atoms with Gasteiger partial charge in [0.25, 0.3) is 10.0 Å². The number of hydrogen-bond acceptors (Lipinski definition) is 4. The van der Waals surface area contributed by atoms with E-state index in [1.807, 2.05) is 38.1 Å². The van der Waals surface area contributed by atoms with E-state index in [-0.39, 0.29) is 39.1 Å². The van der Waals surface area contributed by atoms with Gasteiger partial charge in [0.15, 0.2) is 0 Å². The van der Waals surface area contributed by atoms with Crippen molar-refractivity contribution >= 4 is 66.7 Å². The molecule has 0 spiro atoms. The third-order valence-electron chi connectivity index (χ3n) is 6.16. The molecule has 39 heavy (non-hydrogen) atoms. The van der Waals surface area contributed by atoms with Gasteiger partial charge in [0.1, 0.15) is 12.6 Å². The molecule has 0 saturated heterocycles. The summed E-state index contributed by atoms with van der Waals surface area (Å²) < 4.78 is 29.4. The lowest BCUT2D eigenvalue weighted by Crippen LogP contribution is -2.52. The average molecular weight is 655 g/mol. The van der Waals surface area contributed by atoms with Crippen molar-refractivity contribution in [1.82, 2.24) is 10.2 Å². The van der Waals surface area contributed by atoms with Crippen LogP contribution in [0.15, 0.2) is 82.2 Å². The van der Waals surface area contributed by atoms with Crippen molar-refractivity contribution in [3.63, 3.8) is 0 Å². The van der Waals surface area contributed by atoms with Crippen LogP contribution in [0.3, 0.4) is 0 Å². The quantitative estimate of drug-likeness (QED) is 0.264.